The van der Waals surface area contributed by atoms with Crippen LogP contribution in [0, 0.1) is 0 Å². The highest BCUT2D eigenvalue weighted by atomic mass is 79.9. The molecule has 0 bridgehead atoms. The average molecular weight is 378 g/mol. The average Bonchev–Trinajstić information content (AvgIpc) is 2.99. The molecule has 0 unspecified atom stereocenters. The number of benzene rings is 1. The zero-order valence-corrected chi connectivity index (χ0v) is 14.4. The molecule has 1 saturated heterocycles. The van der Waals surface area contributed by atoms with E-state index >= 15 is 0 Å². The predicted molar refractivity (Wildman–Crippen MR) is 94.9 cm³/mol. The Kier molecular flexibility index (Phi) is 5.08. The van der Waals surface area contributed by atoms with Gasteiger partial charge in [0.15, 0.2) is 5.78 Å². The van der Waals surface area contributed by atoms with Gasteiger partial charge in [0.2, 0.25) is 0 Å². The van der Waals surface area contributed by atoms with E-state index in [1.807, 2.05) is 41.8 Å². The Morgan fingerprint density at radius 3 is 2.59 bits per heavy atom. The van der Waals surface area contributed by atoms with Crippen LogP contribution < -0.4 is 4.90 Å². The number of ketones is 1. The minimum absolute atomic E-state index is 0.0260. The lowest BCUT2D eigenvalue weighted by molar-refractivity contribution is 0.104. The van der Waals surface area contributed by atoms with Gasteiger partial charge in [0, 0.05) is 39.1 Å². The maximum absolute atomic E-state index is 12.2. The molecule has 5 heteroatoms. The number of nitrogens with zero attached hydrogens (tertiary/aromatic N) is 1. The van der Waals surface area contributed by atoms with Crippen molar-refractivity contribution in [2.24, 2.45) is 0 Å². The van der Waals surface area contributed by atoms with E-state index in [0.29, 0.717) is 5.56 Å². The lowest BCUT2D eigenvalue weighted by Crippen LogP contribution is -2.36. The second kappa shape index (κ2) is 7.22. The van der Waals surface area contributed by atoms with Gasteiger partial charge in [-0.25, -0.2) is 0 Å². The van der Waals surface area contributed by atoms with Crippen LogP contribution >= 0.6 is 27.3 Å². The molecule has 0 radical (unpaired) electrons. The van der Waals surface area contributed by atoms with Gasteiger partial charge in [0.05, 0.1) is 13.2 Å². The monoisotopic (exact) mass is 377 g/mol. The lowest BCUT2D eigenvalue weighted by Gasteiger charge is -2.28. The van der Waals surface area contributed by atoms with E-state index in [-0.39, 0.29) is 5.78 Å². The van der Waals surface area contributed by atoms with Gasteiger partial charge in [-0.1, -0.05) is 0 Å². The van der Waals surface area contributed by atoms with Crippen LogP contribution in [0.1, 0.15) is 15.2 Å². The number of hydrogen-bond donors (Lipinski definition) is 0. The molecule has 1 aromatic heterocycles. The summed E-state index contributed by atoms with van der Waals surface area (Å²) in [6, 6.07) is 9.79. The first-order chi connectivity index (χ1) is 10.7. The molecule has 3 rings (SSSR count). The number of thiophene rings is 1. The molecule has 22 heavy (non-hydrogen) atoms. The Balaban J connectivity index is 1.66. The summed E-state index contributed by atoms with van der Waals surface area (Å²) in [4.78, 5) is 15.5. The smallest absolute Gasteiger partial charge is 0.185 e. The molecule has 1 aliphatic heterocycles. The van der Waals surface area contributed by atoms with Gasteiger partial charge in [-0.15, -0.1) is 11.3 Å². The summed E-state index contributed by atoms with van der Waals surface area (Å²) in [5.74, 6) is 0.0260. The van der Waals surface area contributed by atoms with E-state index in [1.165, 1.54) is 0 Å². The van der Waals surface area contributed by atoms with Gasteiger partial charge >= 0.3 is 0 Å². The Morgan fingerprint density at radius 1 is 1.23 bits per heavy atom. The highest BCUT2D eigenvalue weighted by Gasteiger charge is 2.11. The first-order valence-corrected chi connectivity index (χ1v) is 8.79. The van der Waals surface area contributed by atoms with Crippen molar-refractivity contribution in [3.63, 3.8) is 0 Å². The summed E-state index contributed by atoms with van der Waals surface area (Å²) in [6.45, 7) is 3.33. The van der Waals surface area contributed by atoms with Crippen molar-refractivity contribution in [2.75, 3.05) is 31.2 Å². The molecule has 1 aromatic carbocycles. The molecule has 0 saturated carbocycles. The number of hydrogen-bond acceptors (Lipinski definition) is 4. The van der Waals surface area contributed by atoms with Crippen LogP contribution in [0.5, 0.6) is 0 Å². The molecule has 1 fully saturated rings. The van der Waals surface area contributed by atoms with Crippen molar-refractivity contribution in [2.45, 2.75) is 0 Å². The standard InChI is InChI=1S/C17H16BrNO2S/c18-14-11-16(22-12-14)5-6-17(20)13-1-3-15(4-2-13)19-7-9-21-10-8-19/h1-6,11-12H,7-10H2. The third kappa shape index (κ3) is 3.85. The minimum Gasteiger partial charge on any atom is -0.378 e. The van der Waals surface area contributed by atoms with Crippen LogP contribution in [0.15, 0.2) is 46.3 Å². The van der Waals surface area contributed by atoms with Crippen molar-refractivity contribution in [1.82, 2.24) is 0 Å². The molecular formula is C17H16BrNO2S. The van der Waals surface area contributed by atoms with Crippen LogP contribution in [0.4, 0.5) is 5.69 Å². The summed E-state index contributed by atoms with van der Waals surface area (Å²) in [7, 11) is 0. The van der Waals surface area contributed by atoms with E-state index in [0.717, 1.165) is 41.3 Å². The maximum atomic E-state index is 12.2. The normalized spacial score (nSPS) is 15.4. The summed E-state index contributed by atoms with van der Waals surface area (Å²) in [5.41, 5.74) is 1.86. The molecule has 2 heterocycles. The number of ether oxygens (including phenoxy) is 1. The number of allylic oxidation sites excluding steroid dienone is 1. The van der Waals surface area contributed by atoms with Crippen LogP contribution in [0.25, 0.3) is 6.08 Å². The van der Waals surface area contributed by atoms with Crippen molar-refractivity contribution in [1.29, 1.82) is 0 Å². The topological polar surface area (TPSA) is 29.5 Å². The van der Waals surface area contributed by atoms with Gasteiger partial charge in [0.1, 0.15) is 0 Å². The summed E-state index contributed by atoms with van der Waals surface area (Å²) in [6.07, 6.45) is 3.48. The highest BCUT2D eigenvalue weighted by molar-refractivity contribution is 9.10. The number of carbonyl (C=O) groups is 1. The first kappa shape index (κ1) is 15.5. The van der Waals surface area contributed by atoms with Crippen LogP contribution in [-0.2, 0) is 4.74 Å². The predicted octanol–water partition coefficient (Wildman–Crippen LogP) is 4.24. The van der Waals surface area contributed by atoms with Crippen molar-refractivity contribution in [3.8, 4) is 0 Å². The summed E-state index contributed by atoms with van der Waals surface area (Å²) < 4.78 is 6.39. The van der Waals surface area contributed by atoms with Crippen LogP contribution in [-0.4, -0.2) is 32.1 Å². The molecule has 0 atom stereocenters. The molecular weight excluding hydrogens is 362 g/mol. The lowest BCUT2D eigenvalue weighted by atomic mass is 10.1. The third-order valence-electron chi connectivity index (χ3n) is 3.51. The largest absolute Gasteiger partial charge is 0.378 e. The first-order valence-electron chi connectivity index (χ1n) is 7.11. The zero-order chi connectivity index (χ0) is 15.4. The minimum atomic E-state index is 0.0260. The fraction of sp³-hybridized carbons (Fsp3) is 0.235. The molecule has 0 aliphatic carbocycles. The van der Waals surface area contributed by atoms with Gasteiger partial charge in [-0.3, -0.25) is 4.79 Å². The van der Waals surface area contributed by atoms with Gasteiger partial charge in [0.25, 0.3) is 0 Å². The fourth-order valence-electron chi connectivity index (χ4n) is 2.33. The second-order valence-corrected chi connectivity index (χ2v) is 6.87. The van der Waals surface area contributed by atoms with Gasteiger partial charge in [-0.2, -0.15) is 0 Å². The Labute approximate surface area is 142 Å². The van der Waals surface area contributed by atoms with Crippen molar-refractivity contribution < 1.29 is 9.53 Å². The molecule has 0 spiro atoms. The third-order valence-corrected chi connectivity index (χ3v) is 5.17. The highest BCUT2D eigenvalue weighted by Crippen LogP contribution is 2.21. The maximum Gasteiger partial charge on any atom is 0.185 e. The zero-order valence-electron chi connectivity index (χ0n) is 12.0. The van der Waals surface area contributed by atoms with Crippen molar-refractivity contribution >= 4 is 44.8 Å². The second-order valence-electron chi connectivity index (χ2n) is 5.01. The Hall–Kier alpha value is -1.43. The number of anilines is 1. The van der Waals surface area contributed by atoms with Gasteiger partial charge < -0.3 is 9.64 Å². The number of morpholine rings is 1. The molecule has 0 amide bonds. The van der Waals surface area contributed by atoms with E-state index in [9.17, 15) is 4.79 Å². The SMILES string of the molecule is O=C(C=Cc1cc(Br)cs1)c1ccc(N2CCOCC2)cc1. The quantitative estimate of drug-likeness (QED) is 0.589. The Morgan fingerprint density at radius 2 is 1.95 bits per heavy atom. The van der Waals surface area contributed by atoms with Gasteiger partial charge in [-0.05, 0) is 58.4 Å². The molecule has 0 N–H and O–H groups in total. The number of rotatable bonds is 4. The summed E-state index contributed by atoms with van der Waals surface area (Å²) in [5, 5.41) is 2.00. The van der Waals surface area contributed by atoms with Crippen molar-refractivity contribution in [3.05, 3.63) is 56.7 Å². The molecule has 2 aromatic rings. The van der Waals surface area contributed by atoms with E-state index in [2.05, 4.69) is 20.8 Å². The molecule has 3 nitrogen and oxygen atoms in total. The van der Waals surface area contributed by atoms with E-state index in [1.54, 1.807) is 17.4 Å². The fourth-order valence-corrected chi connectivity index (χ4v) is 3.66. The van der Waals surface area contributed by atoms with E-state index in [4.69, 9.17) is 4.74 Å². The van der Waals surface area contributed by atoms with E-state index < -0.39 is 0 Å². The van der Waals surface area contributed by atoms with Crippen LogP contribution in [0.3, 0.4) is 0 Å². The molecule has 1 aliphatic rings. The molecule has 114 valence electrons. The number of carbonyl (C=O) groups excluding carboxylic acids is 1. The summed E-state index contributed by atoms with van der Waals surface area (Å²) >= 11 is 5.01. The number of halogens is 1. The Bertz CT molecular complexity index is 672. The van der Waals surface area contributed by atoms with Crippen LogP contribution in [0.2, 0.25) is 0 Å².